The summed E-state index contributed by atoms with van der Waals surface area (Å²) in [5, 5.41) is 6.66. The average molecular weight is 291 g/mol. The predicted molar refractivity (Wildman–Crippen MR) is 92.6 cm³/mol. The number of rotatable bonds is 3. The summed E-state index contributed by atoms with van der Waals surface area (Å²) in [6.45, 7) is 8.28. The van der Waals surface area contributed by atoms with E-state index in [2.05, 4.69) is 48.9 Å². The first-order valence-corrected chi connectivity index (χ1v) is 7.41. The number of fused-ring (bicyclic) bond motifs is 1. The van der Waals surface area contributed by atoms with E-state index in [1.807, 2.05) is 26.4 Å². The van der Waals surface area contributed by atoms with Crippen LogP contribution in [0.4, 0.5) is 0 Å². The molecule has 112 valence electrons. The van der Waals surface area contributed by atoms with Gasteiger partial charge in [0.2, 0.25) is 0 Å². The molecule has 0 bridgehead atoms. The minimum Gasteiger partial charge on any atom is -0.320 e. The van der Waals surface area contributed by atoms with E-state index in [-0.39, 0.29) is 6.04 Å². The first kappa shape index (κ1) is 14.5. The quantitative estimate of drug-likeness (QED) is 0.793. The van der Waals surface area contributed by atoms with Crippen molar-refractivity contribution in [1.82, 2.24) is 9.78 Å². The van der Waals surface area contributed by atoms with E-state index in [1.165, 1.54) is 21.9 Å². The standard InChI is InChI=1S/C19H21N3/c1-12(2)15-6-5-7-16-17(9-8-13(3)18(15)16)19(20)14-10-21-22(4)11-14/h5-11,19H,1,20H2,2-4H3. The predicted octanol–water partition coefficient (Wildman–Crippen LogP) is 3.96. The number of aromatic nitrogens is 2. The molecule has 0 fully saturated rings. The molecule has 2 N–H and O–H groups in total. The molecule has 0 saturated carbocycles. The van der Waals surface area contributed by atoms with Crippen molar-refractivity contribution >= 4 is 16.3 Å². The maximum Gasteiger partial charge on any atom is 0.0588 e. The van der Waals surface area contributed by atoms with Crippen molar-refractivity contribution < 1.29 is 0 Å². The van der Waals surface area contributed by atoms with Crippen LogP contribution in [0.25, 0.3) is 16.3 Å². The molecular formula is C19H21N3. The van der Waals surface area contributed by atoms with Crippen LogP contribution in [0.2, 0.25) is 0 Å². The SMILES string of the molecule is C=C(C)c1cccc2c(C(N)c3cnn(C)c3)ccc(C)c12. The molecule has 0 aliphatic rings. The molecule has 3 rings (SSSR count). The van der Waals surface area contributed by atoms with E-state index in [0.717, 1.165) is 16.7 Å². The van der Waals surface area contributed by atoms with Gasteiger partial charge in [0, 0.05) is 18.8 Å². The maximum atomic E-state index is 6.50. The highest BCUT2D eigenvalue weighted by Gasteiger charge is 2.16. The maximum absolute atomic E-state index is 6.50. The van der Waals surface area contributed by atoms with Crippen molar-refractivity contribution in [1.29, 1.82) is 0 Å². The Bertz CT molecular complexity index is 858. The lowest BCUT2D eigenvalue weighted by Crippen LogP contribution is -2.12. The number of aryl methyl sites for hydroxylation is 2. The van der Waals surface area contributed by atoms with Crippen LogP contribution in [0, 0.1) is 6.92 Å². The fraction of sp³-hybridized carbons (Fsp3) is 0.211. The smallest absolute Gasteiger partial charge is 0.0588 e. The third-order valence-corrected chi connectivity index (χ3v) is 4.16. The van der Waals surface area contributed by atoms with Crippen molar-refractivity contribution in [3.05, 3.63) is 71.6 Å². The van der Waals surface area contributed by atoms with Crippen molar-refractivity contribution in [3.63, 3.8) is 0 Å². The summed E-state index contributed by atoms with van der Waals surface area (Å²) in [6.07, 6.45) is 3.80. The van der Waals surface area contributed by atoms with Crippen LogP contribution in [0.1, 0.15) is 35.2 Å². The van der Waals surface area contributed by atoms with E-state index in [4.69, 9.17) is 5.73 Å². The van der Waals surface area contributed by atoms with Gasteiger partial charge in [0.05, 0.1) is 12.2 Å². The number of benzene rings is 2. The van der Waals surface area contributed by atoms with Crippen LogP contribution in [-0.2, 0) is 7.05 Å². The molecule has 0 spiro atoms. The minimum atomic E-state index is -0.183. The molecule has 0 aliphatic heterocycles. The Morgan fingerprint density at radius 1 is 1.27 bits per heavy atom. The fourth-order valence-electron chi connectivity index (χ4n) is 3.01. The molecule has 22 heavy (non-hydrogen) atoms. The molecule has 3 nitrogen and oxygen atoms in total. The highest BCUT2D eigenvalue weighted by Crippen LogP contribution is 2.33. The lowest BCUT2D eigenvalue weighted by Gasteiger charge is -2.17. The molecular weight excluding hydrogens is 270 g/mol. The van der Waals surface area contributed by atoms with Gasteiger partial charge in [-0.05, 0) is 41.3 Å². The van der Waals surface area contributed by atoms with Crippen molar-refractivity contribution in [2.45, 2.75) is 19.9 Å². The van der Waals surface area contributed by atoms with Crippen molar-refractivity contribution in [2.75, 3.05) is 0 Å². The van der Waals surface area contributed by atoms with Crippen LogP contribution >= 0.6 is 0 Å². The molecule has 3 aromatic rings. The Morgan fingerprint density at radius 3 is 2.68 bits per heavy atom. The van der Waals surface area contributed by atoms with Gasteiger partial charge in [0.1, 0.15) is 0 Å². The van der Waals surface area contributed by atoms with Crippen LogP contribution in [0.15, 0.2) is 49.3 Å². The normalized spacial score (nSPS) is 12.5. The van der Waals surface area contributed by atoms with E-state index >= 15 is 0 Å². The second-order valence-corrected chi connectivity index (χ2v) is 5.91. The van der Waals surface area contributed by atoms with Gasteiger partial charge in [-0.25, -0.2) is 0 Å². The Balaban J connectivity index is 2.25. The molecule has 3 heteroatoms. The summed E-state index contributed by atoms with van der Waals surface area (Å²) in [5.74, 6) is 0. The number of hydrogen-bond donors (Lipinski definition) is 1. The number of allylic oxidation sites excluding steroid dienone is 1. The summed E-state index contributed by atoms with van der Waals surface area (Å²) >= 11 is 0. The second kappa shape index (κ2) is 5.43. The summed E-state index contributed by atoms with van der Waals surface area (Å²) < 4.78 is 1.78. The van der Waals surface area contributed by atoms with Gasteiger partial charge in [0.25, 0.3) is 0 Å². The monoisotopic (exact) mass is 291 g/mol. The molecule has 1 aromatic heterocycles. The molecule has 0 radical (unpaired) electrons. The number of nitrogens with zero attached hydrogens (tertiary/aromatic N) is 2. The highest BCUT2D eigenvalue weighted by atomic mass is 15.2. The first-order valence-electron chi connectivity index (χ1n) is 7.41. The Kier molecular flexibility index (Phi) is 3.59. The second-order valence-electron chi connectivity index (χ2n) is 5.91. The zero-order chi connectivity index (χ0) is 15.9. The summed E-state index contributed by atoms with van der Waals surface area (Å²) in [5.41, 5.74) is 12.1. The molecule has 1 unspecified atom stereocenters. The van der Waals surface area contributed by atoms with Crippen LogP contribution in [-0.4, -0.2) is 9.78 Å². The zero-order valence-electron chi connectivity index (χ0n) is 13.3. The van der Waals surface area contributed by atoms with Gasteiger partial charge in [-0.2, -0.15) is 5.10 Å². The van der Waals surface area contributed by atoms with Crippen LogP contribution in [0.5, 0.6) is 0 Å². The Labute approximate surface area is 131 Å². The van der Waals surface area contributed by atoms with Gasteiger partial charge in [-0.3, -0.25) is 4.68 Å². The summed E-state index contributed by atoms with van der Waals surface area (Å²) in [4.78, 5) is 0. The highest BCUT2D eigenvalue weighted by molar-refractivity contribution is 5.97. The van der Waals surface area contributed by atoms with Gasteiger partial charge in [-0.1, -0.05) is 42.5 Å². The summed E-state index contributed by atoms with van der Waals surface area (Å²) in [7, 11) is 1.91. The molecule has 0 aliphatic carbocycles. The van der Waals surface area contributed by atoms with Gasteiger partial charge >= 0.3 is 0 Å². The Morgan fingerprint density at radius 2 is 2.05 bits per heavy atom. The van der Waals surface area contributed by atoms with Crippen molar-refractivity contribution in [2.24, 2.45) is 12.8 Å². The van der Waals surface area contributed by atoms with E-state index in [9.17, 15) is 0 Å². The molecule has 1 heterocycles. The van der Waals surface area contributed by atoms with E-state index in [0.29, 0.717) is 0 Å². The number of hydrogen-bond acceptors (Lipinski definition) is 2. The lowest BCUT2D eigenvalue weighted by atomic mass is 9.90. The van der Waals surface area contributed by atoms with Crippen LogP contribution in [0.3, 0.4) is 0 Å². The fourth-order valence-corrected chi connectivity index (χ4v) is 3.01. The Hall–Kier alpha value is -2.39. The molecule has 2 aromatic carbocycles. The number of nitrogens with two attached hydrogens (primary N) is 1. The minimum absolute atomic E-state index is 0.183. The average Bonchev–Trinajstić information content (AvgIpc) is 2.93. The van der Waals surface area contributed by atoms with E-state index < -0.39 is 0 Å². The third-order valence-electron chi connectivity index (χ3n) is 4.16. The third kappa shape index (κ3) is 2.34. The van der Waals surface area contributed by atoms with Gasteiger partial charge in [-0.15, -0.1) is 0 Å². The van der Waals surface area contributed by atoms with Crippen LogP contribution < -0.4 is 5.73 Å². The molecule has 0 saturated heterocycles. The van der Waals surface area contributed by atoms with Gasteiger partial charge in [0.15, 0.2) is 0 Å². The van der Waals surface area contributed by atoms with Gasteiger partial charge < -0.3 is 5.73 Å². The van der Waals surface area contributed by atoms with E-state index in [1.54, 1.807) is 4.68 Å². The topological polar surface area (TPSA) is 43.8 Å². The molecule has 0 amide bonds. The lowest BCUT2D eigenvalue weighted by molar-refractivity contribution is 0.765. The first-order chi connectivity index (χ1) is 10.5. The van der Waals surface area contributed by atoms with Crippen molar-refractivity contribution in [3.8, 4) is 0 Å². The summed E-state index contributed by atoms with van der Waals surface area (Å²) in [6, 6.07) is 10.4. The largest absolute Gasteiger partial charge is 0.320 e. The zero-order valence-corrected chi connectivity index (χ0v) is 13.3. The molecule has 1 atom stereocenters.